The van der Waals surface area contributed by atoms with Gasteiger partial charge in [0.15, 0.2) is 0 Å². The number of hydrogen-bond donors (Lipinski definition) is 2. The lowest BCUT2D eigenvalue weighted by Crippen LogP contribution is -2.45. The molecule has 0 saturated carbocycles. The number of nitrogens with one attached hydrogen (secondary N) is 1. The van der Waals surface area contributed by atoms with Crippen molar-refractivity contribution in [1.82, 2.24) is 14.5 Å². The first kappa shape index (κ1) is 16.4. The third kappa shape index (κ3) is 4.50. The Kier molecular flexibility index (Phi) is 5.03. The van der Waals surface area contributed by atoms with Crippen LogP contribution >= 0.6 is 0 Å². The minimum absolute atomic E-state index is 0.0529. The summed E-state index contributed by atoms with van der Waals surface area (Å²) in [7, 11) is -3.57. The van der Waals surface area contributed by atoms with E-state index >= 15 is 0 Å². The molecule has 1 aromatic heterocycles. The van der Waals surface area contributed by atoms with Crippen molar-refractivity contribution in [3.05, 3.63) is 12.4 Å². The van der Waals surface area contributed by atoms with Crippen LogP contribution in [0.4, 0.5) is 0 Å². The standard InChI is InChI=1S/C13H23N3O4S/c1-13(2)8-11(4-7-20-13)15-21(18,19)12-9-14-16(10-12)5-3-6-17/h9-11,15,17H,3-8H2,1-2H3. The van der Waals surface area contributed by atoms with E-state index in [1.807, 2.05) is 13.8 Å². The maximum Gasteiger partial charge on any atom is 0.243 e. The largest absolute Gasteiger partial charge is 0.396 e. The predicted molar refractivity (Wildman–Crippen MR) is 77.3 cm³/mol. The van der Waals surface area contributed by atoms with E-state index in [1.54, 1.807) is 0 Å². The molecule has 120 valence electrons. The Morgan fingerprint density at radius 2 is 2.33 bits per heavy atom. The molecule has 0 spiro atoms. The van der Waals surface area contributed by atoms with Crippen LogP contribution in [0.5, 0.6) is 0 Å². The molecule has 8 heteroatoms. The highest BCUT2D eigenvalue weighted by molar-refractivity contribution is 7.89. The van der Waals surface area contributed by atoms with Gasteiger partial charge in [-0.1, -0.05) is 0 Å². The first-order valence-electron chi connectivity index (χ1n) is 7.12. The highest BCUT2D eigenvalue weighted by Crippen LogP contribution is 2.25. The van der Waals surface area contributed by atoms with Crippen molar-refractivity contribution >= 4 is 10.0 Å². The highest BCUT2D eigenvalue weighted by Gasteiger charge is 2.31. The van der Waals surface area contributed by atoms with E-state index in [0.29, 0.717) is 32.4 Å². The molecular formula is C13H23N3O4S. The van der Waals surface area contributed by atoms with Crippen LogP contribution in [0.15, 0.2) is 17.3 Å². The maximum absolute atomic E-state index is 12.3. The Morgan fingerprint density at radius 1 is 1.57 bits per heavy atom. The monoisotopic (exact) mass is 317 g/mol. The Morgan fingerprint density at radius 3 is 3.00 bits per heavy atom. The van der Waals surface area contributed by atoms with Crippen LogP contribution in [0.1, 0.15) is 33.1 Å². The summed E-state index contributed by atoms with van der Waals surface area (Å²) in [4.78, 5) is 0.157. The molecule has 1 aromatic rings. The van der Waals surface area contributed by atoms with Gasteiger partial charge in [-0.2, -0.15) is 5.10 Å². The number of rotatable bonds is 6. The fraction of sp³-hybridized carbons (Fsp3) is 0.769. The molecule has 2 rings (SSSR count). The average molecular weight is 317 g/mol. The van der Waals surface area contributed by atoms with Crippen molar-refractivity contribution in [1.29, 1.82) is 0 Å². The minimum Gasteiger partial charge on any atom is -0.396 e. The van der Waals surface area contributed by atoms with Crippen molar-refractivity contribution in [2.45, 2.75) is 56.2 Å². The molecule has 2 N–H and O–H groups in total. The number of aliphatic hydroxyl groups is 1. The normalized spacial score (nSPS) is 22.3. The zero-order valence-electron chi connectivity index (χ0n) is 12.4. The van der Waals surface area contributed by atoms with Crippen LogP contribution in [-0.4, -0.2) is 48.2 Å². The van der Waals surface area contributed by atoms with Crippen molar-refractivity contribution in [2.24, 2.45) is 0 Å². The number of ether oxygens (including phenoxy) is 1. The van der Waals surface area contributed by atoms with Gasteiger partial charge in [-0.05, 0) is 33.1 Å². The number of hydrogen-bond acceptors (Lipinski definition) is 5. The zero-order valence-corrected chi connectivity index (χ0v) is 13.3. The second-order valence-corrected chi connectivity index (χ2v) is 7.65. The summed E-state index contributed by atoms with van der Waals surface area (Å²) >= 11 is 0. The van der Waals surface area contributed by atoms with Gasteiger partial charge < -0.3 is 9.84 Å². The summed E-state index contributed by atoms with van der Waals surface area (Å²) in [6.07, 6.45) is 4.68. The molecule has 1 aliphatic rings. The first-order chi connectivity index (χ1) is 9.82. The lowest BCUT2D eigenvalue weighted by atomic mass is 9.95. The van der Waals surface area contributed by atoms with Gasteiger partial charge in [0, 0.05) is 32.0 Å². The lowest BCUT2D eigenvalue weighted by Gasteiger charge is -2.35. The Balaban J connectivity index is 2.02. The maximum atomic E-state index is 12.3. The van der Waals surface area contributed by atoms with E-state index in [4.69, 9.17) is 9.84 Å². The fourth-order valence-corrected chi connectivity index (χ4v) is 3.68. The summed E-state index contributed by atoms with van der Waals surface area (Å²) in [6.45, 7) is 5.02. The molecule has 0 radical (unpaired) electrons. The number of sulfonamides is 1. The lowest BCUT2D eigenvalue weighted by molar-refractivity contribution is -0.0599. The zero-order chi connectivity index (χ0) is 15.5. The Hall–Kier alpha value is -0.960. The van der Waals surface area contributed by atoms with E-state index in [0.717, 1.165) is 0 Å². The van der Waals surface area contributed by atoms with Crippen molar-refractivity contribution in [2.75, 3.05) is 13.2 Å². The van der Waals surface area contributed by atoms with E-state index in [9.17, 15) is 8.42 Å². The molecule has 0 amide bonds. The van der Waals surface area contributed by atoms with Crippen molar-refractivity contribution < 1.29 is 18.3 Å². The molecule has 1 atom stereocenters. The molecule has 2 heterocycles. The summed E-state index contributed by atoms with van der Waals surface area (Å²) in [5.74, 6) is 0. The Bertz CT molecular complexity index is 568. The summed E-state index contributed by atoms with van der Waals surface area (Å²) in [5.41, 5.74) is -0.309. The van der Waals surface area contributed by atoms with Gasteiger partial charge in [-0.15, -0.1) is 0 Å². The number of aromatic nitrogens is 2. The van der Waals surface area contributed by atoms with Gasteiger partial charge in [-0.3, -0.25) is 4.68 Å². The average Bonchev–Trinajstić information content (AvgIpc) is 2.84. The van der Waals surface area contributed by atoms with Crippen LogP contribution in [0.3, 0.4) is 0 Å². The molecular weight excluding hydrogens is 294 g/mol. The van der Waals surface area contributed by atoms with E-state index in [2.05, 4.69) is 9.82 Å². The minimum atomic E-state index is -3.57. The third-order valence-electron chi connectivity index (χ3n) is 3.48. The predicted octanol–water partition coefficient (Wildman–Crippen LogP) is 0.501. The van der Waals surface area contributed by atoms with Gasteiger partial charge in [-0.25, -0.2) is 13.1 Å². The van der Waals surface area contributed by atoms with Gasteiger partial charge in [0.05, 0.1) is 11.8 Å². The van der Waals surface area contributed by atoms with E-state index in [1.165, 1.54) is 17.1 Å². The van der Waals surface area contributed by atoms with Crippen LogP contribution < -0.4 is 4.72 Å². The fourth-order valence-electron chi connectivity index (χ4n) is 2.46. The smallest absolute Gasteiger partial charge is 0.243 e. The first-order valence-corrected chi connectivity index (χ1v) is 8.60. The molecule has 21 heavy (non-hydrogen) atoms. The summed E-state index contributed by atoms with van der Waals surface area (Å²) in [5, 5.41) is 12.8. The van der Waals surface area contributed by atoms with Crippen LogP contribution in [0.25, 0.3) is 0 Å². The summed E-state index contributed by atoms with van der Waals surface area (Å²) < 4.78 is 34.5. The number of nitrogens with zero attached hydrogens (tertiary/aromatic N) is 2. The molecule has 1 aliphatic heterocycles. The summed E-state index contributed by atoms with van der Waals surface area (Å²) in [6, 6.07) is -0.125. The van der Waals surface area contributed by atoms with Crippen LogP contribution in [0.2, 0.25) is 0 Å². The third-order valence-corrected chi connectivity index (χ3v) is 4.96. The SMILES string of the molecule is CC1(C)CC(NS(=O)(=O)c2cnn(CCCO)c2)CCO1. The van der Waals surface area contributed by atoms with Gasteiger partial charge in [0.1, 0.15) is 4.90 Å². The molecule has 1 saturated heterocycles. The second kappa shape index (κ2) is 6.43. The highest BCUT2D eigenvalue weighted by atomic mass is 32.2. The second-order valence-electron chi connectivity index (χ2n) is 5.94. The molecule has 0 aliphatic carbocycles. The molecule has 0 bridgehead atoms. The van der Waals surface area contributed by atoms with E-state index < -0.39 is 10.0 Å². The molecule has 7 nitrogen and oxygen atoms in total. The number of aryl methyl sites for hydroxylation is 1. The topological polar surface area (TPSA) is 93.5 Å². The van der Waals surface area contributed by atoms with Crippen molar-refractivity contribution in [3.8, 4) is 0 Å². The van der Waals surface area contributed by atoms with E-state index in [-0.39, 0.29) is 23.1 Å². The van der Waals surface area contributed by atoms with Crippen LogP contribution in [-0.2, 0) is 21.3 Å². The van der Waals surface area contributed by atoms with Gasteiger partial charge in [0.25, 0.3) is 0 Å². The Labute approximate surface area is 125 Å². The van der Waals surface area contributed by atoms with Crippen molar-refractivity contribution in [3.63, 3.8) is 0 Å². The molecule has 0 aromatic carbocycles. The number of aliphatic hydroxyl groups excluding tert-OH is 1. The molecule has 1 fully saturated rings. The van der Waals surface area contributed by atoms with Gasteiger partial charge in [0.2, 0.25) is 10.0 Å². The van der Waals surface area contributed by atoms with Gasteiger partial charge >= 0.3 is 0 Å². The molecule has 1 unspecified atom stereocenters. The quantitative estimate of drug-likeness (QED) is 0.797. The van der Waals surface area contributed by atoms with Crippen LogP contribution in [0, 0.1) is 0 Å².